The Kier molecular flexibility index (Phi) is 6.38. The highest BCUT2D eigenvalue weighted by atomic mass is 35.5. The zero-order valence-corrected chi connectivity index (χ0v) is 14.5. The molecule has 0 bridgehead atoms. The summed E-state index contributed by atoms with van der Waals surface area (Å²) in [5.74, 6) is -1.16. The van der Waals surface area contributed by atoms with E-state index in [9.17, 15) is 9.59 Å². The maximum Gasteiger partial charge on any atom is 0.360 e. The highest BCUT2D eigenvalue weighted by molar-refractivity contribution is 7.11. The third-order valence-electron chi connectivity index (χ3n) is 3.00. The molecule has 122 valence electrons. The van der Waals surface area contributed by atoms with Crippen LogP contribution in [0.25, 0.3) is 0 Å². The fourth-order valence-corrected chi connectivity index (χ4v) is 2.75. The molecule has 1 amide bonds. The molecule has 0 saturated carbocycles. The van der Waals surface area contributed by atoms with Crippen molar-refractivity contribution in [1.82, 2.24) is 9.69 Å². The van der Waals surface area contributed by atoms with Gasteiger partial charge in [-0.25, -0.2) is 4.79 Å². The monoisotopic (exact) mass is 372 g/mol. The largest absolute Gasteiger partial charge is 0.448 e. The predicted octanol–water partition coefficient (Wildman–Crippen LogP) is 3.35. The molecule has 1 atom stereocenters. The van der Waals surface area contributed by atoms with Gasteiger partial charge in [-0.05, 0) is 30.4 Å². The van der Waals surface area contributed by atoms with Gasteiger partial charge in [0.25, 0.3) is 5.91 Å². The van der Waals surface area contributed by atoms with E-state index in [2.05, 4.69) is 9.69 Å². The van der Waals surface area contributed by atoms with Gasteiger partial charge in [0.15, 0.2) is 11.8 Å². The number of benzene rings is 1. The molecule has 5 nitrogen and oxygen atoms in total. The first-order valence-electron chi connectivity index (χ1n) is 6.82. The number of nitrogens with one attached hydrogen (secondary N) is 1. The lowest BCUT2D eigenvalue weighted by molar-refractivity contribution is -0.129. The van der Waals surface area contributed by atoms with E-state index in [0.717, 1.165) is 17.1 Å². The summed E-state index contributed by atoms with van der Waals surface area (Å²) in [6.45, 7) is 1.94. The van der Waals surface area contributed by atoms with Gasteiger partial charge in [0, 0.05) is 6.54 Å². The summed E-state index contributed by atoms with van der Waals surface area (Å²) >= 11 is 12.5. The first-order chi connectivity index (χ1) is 11.0. The van der Waals surface area contributed by atoms with E-state index in [1.807, 2.05) is 30.3 Å². The second kappa shape index (κ2) is 8.29. The number of hydrogen-bond acceptors (Lipinski definition) is 5. The van der Waals surface area contributed by atoms with E-state index >= 15 is 0 Å². The molecule has 0 aliphatic rings. The Morgan fingerprint density at radius 1 is 1.30 bits per heavy atom. The smallest absolute Gasteiger partial charge is 0.360 e. The Bertz CT molecular complexity index is 691. The first-order valence-corrected chi connectivity index (χ1v) is 8.35. The molecular formula is C15H14Cl2N2O3S. The van der Waals surface area contributed by atoms with Crippen LogP contribution in [0.4, 0.5) is 0 Å². The fourth-order valence-electron chi connectivity index (χ4n) is 1.77. The van der Waals surface area contributed by atoms with E-state index in [-0.39, 0.29) is 21.0 Å². The van der Waals surface area contributed by atoms with Crippen LogP contribution in [0.2, 0.25) is 9.36 Å². The zero-order chi connectivity index (χ0) is 16.8. The van der Waals surface area contributed by atoms with Crippen LogP contribution >= 0.6 is 34.7 Å². The number of halogens is 2. The van der Waals surface area contributed by atoms with E-state index in [0.29, 0.717) is 13.0 Å². The van der Waals surface area contributed by atoms with Crippen molar-refractivity contribution in [2.45, 2.75) is 19.4 Å². The maximum absolute atomic E-state index is 11.9. The molecule has 23 heavy (non-hydrogen) atoms. The summed E-state index contributed by atoms with van der Waals surface area (Å²) in [4.78, 5) is 23.8. The van der Waals surface area contributed by atoms with Crippen molar-refractivity contribution in [2.75, 3.05) is 6.54 Å². The predicted molar refractivity (Wildman–Crippen MR) is 90.2 cm³/mol. The van der Waals surface area contributed by atoms with Crippen LogP contribution in [0.5, 0.6) is 0 Å². The molecular weight excluding hydrogens is 359 g/mol. The summed E-state index contributed by atoms with van der Waals surface area (Å²) in [5.41, 5.74) is 1.03. The normalized spacial score (nSPS) is 11.8. The Hall–Kier alpha value is -1.63. The molecule has 0 aliphatic carbocycles. The second-order valence-electron chi connectivity index (χ2n) is 4.69. The highest BCUT2D eigenvalue weighted by Gasteiger charge is 2.23. The number of rotatable bonds is 6. The topological polar surface area (TPSA) is 68.3 Å². The Balaban J connectivity index is 1.80. The van der Waals surface area contributed by atoms with Crippen LogP contribution in [0.15, 0.2) is 30.3 Å². The molecule has 0 spiro atoms. The number of carbonyl (C=O) groups is 2. The molecule has 0 saturated heterocycles. The summed E-state index contributed by atoms with van der Waals surface area (Å²) in [7, 11) is 0. The molecule has 0 unspecified atom stereocenters. The molecule has 0 aliphatic heterocycles. The number of nitrogens with zero attached hydrogens (tertiary/aromatic N) is 1. The summed E-state index contributed by atoms with van der Waals surface area (Å²) in [6, 6.07) is 9.75. The SMILES string of the molecule is C[C@H](OC(=O)c1nsc(Cl)c1Cl)C(=O)NCCc1ccccc1. The minimum Gasteiger partial charge on any atom is -0.448 e. The number of hydrogen-bond donors (Lipinski definition) is 1. The lowest BCUT2D eigenvalue weighted by Crippen LogP contribution is -2.37. The molecule has 1 aromatic heterocycles. The molecule has 2 aromatic rings. The van der Waals surface area contributed by atoms with Crippen LogP contribution in [0, 0.1) is 0 Å². The van der Waals surface area contributed by atoms with Crippen molar-refractivity contribution in [3.63, 3.8) is 0 Å². The number of carbonyl (C=O) groups excluding carboxylic acids is 2. The third-order valence-corrected chi connectivity index (χ3v) is 4.61. The van der Waals surface area contributed by atoms with E-state index < -0.39 is 12.1 Å². The van der Waals surface area contributed by atoms with Gasteiger partial charge in [-0.3, -0.25) is 4.79 Å². The zero-order valence-electron chi connectivity index (χ0n) is 12.2. The van der Waals surface area contributed by atoms with Crippen LogP contribution in [-0.4, -0.2) is 28.9 Å². The molecule has 1 aromatic carbocycles. The van der Waals surface area contributed by atoms with Gasteiger partial charge in [0.2, 0.25) is 0 Å². The second-order valence-corrected chi connectivity index (χ2v) is 6.45. The van der Waals surface area contributed by atoms with Gasteiger partial charge >= 0.3 is 5.97 Å². The molecule has 8 heteroatoms. The number of amides is 1. The van der Waals surface area contributed by atoms with Crippen molar-refractivity contribution in [3.8, 4) is 0 Å². The number of esters is 1. The lowest BCUT2D eigenvalue weighted by Gasteiger charge is -2.13. The van der Waals surface area contributed by atoms with Crippen molar-refractivity contribution in [3.05, 3.63) is 50.9 Å². The van der Waals surface area contributed by atoms with Gasteiger partial charge in [-0.15, -0.1) is 0 Å². The molecule has 2 rings (SSSR count). The molecule has 0 radical (unpaired) electrons. The average Bonchev–Trinajstić information content (AvgIpc) is 2.88. The van der Waals surface area contributed by atoms with Crippen molar-refractivity contribution in [1.29, 1.82) is 0 Å². The first kappa shape index (κ1) is 17.7. The van der Waals surface area contributed by atoms with Crippen LogP contribution in [0.1, 0.15) is 23.0 Å². The number of ether oxygens (including phenoxy) is 1. The quantitative estimate of drug-likeness (QED) is 0.789. The molecule has 1 N–H and O–H groups in total. The van der Waals surface area contributed by atoms with Gasteiger partial charge in [-0.2, -0.15) is 4.37 Å². The average molecular weight is 373 g/mol. The maximum atomic E-state index is 11.9. The van der Waals surface area contributed by atoms with Gasteiger partial charge in [-0.1, -0.05) is 53.5 Å². The minimum atomic E-state index is -0.949. The Labute approximate surface area is 147 Å². The third kappa shape index (κ3) is 4.92. The number of aromatic nitrogens is 1. The van der Waals surface area contributed by atoms with Gasteiger partial charge in [0.1, 0.15) is 9.36 Å². The standard InChI is InChI=1S/C15H14Cl2N2O3S/c1-9(22-15(21)12-11(16)13(17)23-19-12)14(20)18-8-7-10-5-3-2-4-6-10/h2-6,9H,7-8H2,1H3,(H,18,20)/t9-/m0/s1. The lowest BCUT2D eigenvalue weighted by atomic mass is 10.1. The van der Waals surface area contributed by atoms with Gasteiger partial charge in [0.05, 0.1) is 0 Å². The van der Waals surface area contributed by atoms with E-state index in [1.54, 1.807) is 0 Å². The minimum absolute atomic E-state index is 0.0401. The molecule has 0 fully saturated rings. The van der Waals surface area contributed by atoms with Crippen LogP contribution in [-0.2, 0) is 16.0 Å². The van der Waals surface area contributed by atoms with E-state index in [4.69, 9.17) is 27.9 Å². The van der Waals surface area contributed by atoms with Crippen LogP contribution in [0.3, 0.4) is 0 Å². The van der Waals surface area contributed by atoms with Crippen molar-refractivity contribution in [2.24, 2.45) is 0 Å². The molecule has 1 heterocycles. The van der Waals surface area contributed by atoms with E-state index in [1.165, 1.54) is 6.92 Å². The van der Waals surface area contributed by atoms with Crippen molar-refractivity contribution >= 4 is 46.6 Å². The Morgan fingerprint density at radius 2 is 2.00 bits per heavy atom. The fraction of sp³-hybridized carbons (Fsp3) is 0.267. The van der Waals surface area contributed by atoms with Crippen LogP contribution < -0.4 is 5.32 Å². The summed E-state index contributed by atoms with van der Waals surface area (Å²) < 4.78 is 9.05. The van der Waals surface area contributed by atoms with Gasteiger partial charge < -0.3 is 10.1 Å². The summed E-state index contributed by atoms with van der Waals surface area (Å²) in [6.07, 6.45) is -0.254. The Morgan fingerprint density at radius 3 is 2.61 bits per heavy atom. The highest BCUT2D eigenvalue weighted by Crippen LogP contribution is 2.29. The summed E-state index contributed by atoms with van der Waals surface area (Å²) in [5, 5.41) is 2.75. The van der Waals surface area contributed by atoms with Crippen molar-refractivity contribution < 1.29 is 14.3 Å².